The van der Waals surface area contributed by atoms with Crippen LogP contribution >= 0.6 is 0 Å². The van der Waals surface area contributed by atoms with Crippen LogP contribution in [0.5, 0.6) is 0 Å². The van der Waals surface area contributed by atoms with Crippen molar-refractivity contribution in [3.8, 4) is 0 Å². The van der Waals surface area contributed by atoms with Gasteiger partial charge in [0, 0.05) is 17.8 Å². The molecule has 1 fully saturated rings. The smallest absolute Gasteiger partial charge is 0.305 e. The van der Waals surface area contributed by atoms with Crippen LogP contribution in [0.25, 0.3) is 0 Å². The standard InChI is InChI=1S/C16H20N2O5/c19-14(10-23-9-11-1-2-11)18-13-5-3-12(4-6-13)16(22)17-8-7-15(20)21/h3-6,11H,1-2,7-10H2,(H,17,22)(H,18,19)(H,20,21). The first-order valence-electron chi connectivity index (χ1n) is 7.52. The van der Waals surface area contributed by atoms with Gasteiger partial charge in [-0.1, -0.05) is 0 Å². The molecule has 0 spiro atoms. The summed E-state index contributed by atoms with van der Waals surface area (Å²) in [6.07, 6.45) is 2.23. The van der Waals surface area contributed by atoms with Gasteiger partial charge in [0.25, 0.3) is 5.91 Å². The Kier molecular flexibility index (Phi) is 6.10. The number of carbonyl (C=O) groups is 3. The second-order valence-electron chi connectivity index (χ2n) is 5.48. The molecule has 7 nitrogen and oxygen atoms in total. The van der Waals surface area contributed by atoms with Crippen LogP contribution in [0.2, 0.25) is 0 Å². The normalized spacial score (nSPS) is 13.4. The van der Waals surface area contributed by atoms with E-state index in [9.17, 15) is 14.4 Å². The molecule has 0 bridgehead atoms. The molecule has 0 radical (unpaired) electrons. The van der Waals surface area contributed by atoms with E-state index in [0.29, 0.717) is 23.8 Å². The Morgan fingerprint density at radius 2 is 1.87 bits per heavy atom. The lowest BCUT2D eigenvalue weighted by Gasteiger charge is -2.07. The summed E-state index contributed by atoms with van der Waals surface area (Å²) in [7, 11) is 0. The van der Waals surface area contributed by atoms with Crippen LogP contribution < -0.4 is 10.6 Å². The lowest BCUT2D eigenvalue weighted by atomic mass is 10.2. The number of hydrogen-bond donors (Lipinski definition) is 3. The molecule has 1 aliphatic carbocycles. The first kappa shape index (κ1) is 17.0. The zero-order valence-electron chi connectivity index (χ0n) is 12.7. The van der Waals surface area contributed by atoms with Crippen molar-refractivity contribution in [2.75, 3.05) is 25.1 Å². The summed E-state index contributed by atoms with van der Waals surface area (Å²) in [5, 5.41) is 13.7. The van der Waals surface area contributed by atoms with E-state index in [2.05, 4.69) is 10.6 Å². The third-order valence-corrected chi connectivity index (χ3v) is 3.34. The van der Waals surface area contributed by atoms with Gasteiger partial charge >= 0.3 is 5.97 Å². The number of carboxylic acids is 1. The maximum atomic E-state index is 11.8. The third-order valence-electron chi connectivity index (χ3n) is 3.34. The molecule has 1 aliphatic rings. The van der Waals surface area contributed by atoms with Gasteiger partial charge in [0.1, 0.15) is 6.61 Å². The fraction of sp³-hybridized carbons (Fsp3) is 0.438. The number of aliphatic carboxylic acids is 1. The first-order chi connectivity index (χ1) is 11.0. The lowest BCUT2D eigenvalue weighted by molar-refractivity contribution is -0.136. The van der Waals surface area contributed by atoms with Gasteiger partial charge in [-0.15, -0.1) is 0 Å². The Balaban J connectivity index is 1.73. The molecule has 1 aromatic rings. The average Bonchev–Trinajstić information content (AvgIpc) is 3.31. The highest BCUT2D eigenvalue weighted by atomic mass is 16.5. The van der Waals surface area contributed by atoms with Crippen molar-refractivity contribution in [2.45, 2.75) is 19.3 Å². The van der Waals surface area contributed by atoms with Gasteiger partial charge in [0.15, 0.2) is 0 Å². The fourth-order valence-electron chi connectivity index (χ4n) is 1.89. The predicted octanol–water partition coefficient (Wildman–Crippen LogP) is 1.26. The van der Waals surface area contributed by atoms with Crippen molar-refractivity contribution >= 4 is 23.5 Å². The van der Waals surface area contributed by atoms with Gasteiger partial charge in [-0.25, -0.2) is 0 Å². The zero-order valence-corrected chi connectivity index (χ0v) is 12.7. The third kappa shape index (κ3) is 6.48. The molecule has 0 atom stereocenters. The van der Waals surface area contributed by atoms with Crippen molar-refractivity contribution in [3.63, 3.8) is 0 Å². The van der Waals surface area contributed by atoms with Crippen molar-refractivity contribution < 1.29 is 24.2 Å². The monoisotopic (exact) mass is 320 g/mol. The van der Waals surface area contributed by atoms with Crippen LogP contribution in [0, 0.1) is 5.92 Å². The molecule has 2 rings (SSSR count). The molecular formula is C16H20N2O5. The summed E-state index contributed by atoms with van der Waals surface area (Å²) in [5.41, 5.74) is 0.977. The quantitative estimate of drug-likeness (QED) is 0.635. The number of benzene rings is 1. The number of ether oxygens (including phenoxy) is 1. The van der Waals surface area contributed by atoms with Crippen LogP contribution in [0.15, 0.2) is 24.3 Å². The van der Waals surface area contributed by atoms with Crippen LogP contribution in [0.4, 0.5) is 5.69 Å². The van der Waals surface area contributed by atoms with Gasteiger partial charge in [-0.2, -0.15) is 0 Å². The minimum atomic E-state index is -0.965. The van der Waals surface area contributed by atoms with E-state index < -0.39 is 5.97 Å². The van der Waals surface area contributed by atoms with Gasteiger partial charge in [-0.05, 0) is 43.0 Å². The molecule has 1 aromatic carbocycles. The molecule has 0 saturated heterocycles. The SMILES string of the molecule is O=C(O)CCNC(=O)c1ccc(NC(=O)COCC2CC2)cc1. The number of carboxylic acid groups (broad SMARTS) is 1. The summed E-state index contributed by atoms with van der Waals surface area (Å²) in [5.74, 6) is -0.935. The molecule has 7 heteroatoms. The van der Waals surface area contributed by atoms with Gasteiger partial charge in [0.2, 0.25) is 5.91 Å². The molecule has 3 N–H and O–H groups in total. The second-order valence-corrected chi connectivity index (χ2v) is 5.48. The number of rotatable bonds is 9. The molecule has 0 aromatic heterocycles. The van der Waals surface area contributed by atoms with Crippen molar-refractivity contribution in [1.29, 1.82) is 0 Å². The van der Waals surface area contributed by atoms with Gasteiger partial charge < -0.3 is 20.5 Å². The largest absolute Gasteiger partial charge is 0.481 e. The van der Waals surface area contributed by atoms with E-state index in [1.54, 1.807) is 24.3 Å². The van der Waals surface area contributed by atoms with Gasteiger partial charge in [-0.3, -0.25) is 14.4 Å². The number of amides is 2. The number of nitrogens with one attached hydrogen (secondary N) is 2. The minimum Gasteiger partial charge on any atom is -0.481 e. The summed E-state index contributed by atoms with van der Waals surface area (Å²) in [6.45, 7) is 0.724. The Labute approximate surface area is 134 Å². The van der Waals surface area contributed by atoms with E-state index in [0.717, 1.165) is 0 Å². The Hall–Kier alpha value is -2.41. The van der Waals surface area contributed by atoms with Crippen LogP contribution in [-0.4, -0.2) is 42.6 Å². The Bertz CT molecular complexity index is 566. The van der Waals surface area contributed by atoms with E-state index in [1.807, 2.05) is 0 Å². The summed E-state index contributed by atoms with van der Waals surface area (Å²) < 4.78 is 5.29. The molecular weight excluding hydrogens is 300 g/mol. The zero-order chi connectivity index (χ0) is 16.7. The fourth-order valence-corrected chi connectivity index (χ4v) is 1.89. The van der Waals surface area contributed by atoms with E-state index >= 15 is 0 Å². The molecule has 124 valence electrons. The van der Waals surface area contributed by atoms with Crippen molar-refractivity contribution in [1.82, 2.24) is 5.32 Å². The Morgan fingerprint density at radius 3 is 2.48 bits per heavy atom. The minimum absolute atomic E-state index is 0.0218. The Morgan fingerprint density at radius 1 is 1.17 bits per heavy atom. The second kappa shape index (κ2) is 8.28. The van der Waals surface area contributed by atoms with Crippen LogP contribution in [-0.2, 0) is 14.3 Å². The highest BCUT2D eigenvalue weighted by Crippen LogP contribution is 2.28. The molecule has 2 amide bonds. The number of anilines is 1. The summed E-state index contributed by atoms with van der Waals surface area (Å²) >= 11 is 0. The van der Waals surface area contributed by atoms with Crippen molar-refractivity contribution in [3.05, 3.63) is 29.8 Å². The maximum Gasteiger partial charge on any atom is 0.305 e. The molecule has 0 unspecified atom stereocenters. The molecule has 23 heavy (non-hydrogen) atoms. The lowest BCUT2D eigenvalue weighted by Crippen LogP contribution is -2.26. The maximum absolute atomic E-state index is 11.8. The van der Waals surface area contributed by atoms with Crippen LogP contribution in [0.3, 0.4) is 0 Å². The number of hydrogen-bond acceptors (Lipinski definition) is 4. The predicted molar refractivity (Wildman–Crippen MR) is 83.2 cm³/mol. The van der Waals surface area contributed by atoms with E-state index in [1.165, 1.54) is 12.8 Å². The molecule has 0 heterocycles. The highest BCUT2D eigenvalue weighted by molar-refractivity contribution is 5.96. The van der Waals surface area contributed by atoms with Crippen molar-refractivity contribution in [2.24, 2.45) is 5.92 Å². The molecule has 1 saturated carbocycles. The topological polar surface area (TPSA) is 105 Å². The highest BCUT2D eigenvalue weighted by Gasteiger charge is 2.21. The molecule has 0 aliphatic heterocycles. The summed E-state index contributed by atoms with van der Waals surface area (Å²) in [4.78, 5) is 33.8. The van der Waals surface area contributed by atoms with Gasteiger partial charge in [0.05, 0.1) is 13.0 Å². The number of carbonyl (C=O) groups excluding carboxylic acids is 2. The first-order valence-corrected chi connectivity index (χ1v) is 7.52. The van der Waals surface area contributed by atoms with E-state index in [4.69, 9.17) is 9.84 Å². The average molecular weight is 320 g/mol. The van der Waals surface area contributed by atoms with E-state index in [-0.39, 0.29) is 31.4 Å². The summed E-state index contributed by atoms with van der Waals surface area (Å²) in [6, 6.07) is 6.36. The van der Waals surface area contributed by atoms with Crippen LogP contribution in [0.1, 0.15) is 29.6 Å².